The Morgan fingerprint density at radius 3 is 2.50 bits per heavy atom. The largest absolute Gasteiger partial charge is 0.374 e. The van der Waals surface area contributed by atoms with Crippen LogP contribution in [-0.2, 0) is 0 Å². The van der Waals surface area contributed by atoms with Crippen molar-refractivity contribution in [1.82, 2.24) is 4.90 Å². The Morgan fingerprint density at radius 1 is 1.40 bits per heavy atom. The van der Waals surface area contributed by atoms with E-state index in [1.807, 2.05) is 0 Å². The minimum atomic E-state index is 0.791. The first kappa shape index (κ1) is 7.64. The molecule has 1 aliphatic heterocycles. The van der Waals surface area contributed by atoms with Crippen molar-refractivity contribution < 1.29 is 0 Å². The highest BCUT2D eigenvalue weighted by Gasteiger charge is 2.12. The number of hydrogen-bond donors (Lipinski definition) is 0. The van der Waals surface area contributed by atoms with Gasteiger partial charge in [-0.1, -0.05) is 19.9 Å². The molecule has 0 unspecified atom stereocenters. The van der Waals surface area contributed by atoms with Gasteiger partial charge in [0, 0.05) is 12.6 Å². The number of rotatable bonds is 3. The molecule has 0 bridgehead atoms. The minimum absolute atomic E-state index is 0.791. The second kappa shape index (κ2) is 3.65. The van der Waals surface area contributed by atoms with E-state index >= 15 is 0 Å². The van der Waals surface area contributed by atoms with Crippen LogP contribution in [0.5, 0.6) is 0 Å². The van der Waals surface area contributed by atoms with Gasteiger partial charge >= 0.3 is 0 Å². The van der Waals surface area contributed by atoms with Crippen LogP contribution in [0.3, 0.4) is 0 Å². The van der Waals surface area contributed by atoms with Crippen molar-refractivity contribution in [3.8, 4) is 0 Å². The summed E-state index contributed by atoms with van der Waals surface area (Å²) in [5, 5.41) is 0. The van der Waals surface area contributed by atoms with Crippen LogP contribution in [0.4, 0.5) is 0 Å². The van der Waals surface area contributed by atoms with Gasteiger partial charge in [0.15, 0.2) is 0 Å². The molecule has 10 heavy (non-hydrogen) atoms. The van der Waals surface area contributed by atoms with Gasteiger partial charge in [-0.3, -0.25) is 0 Å². The first-order valence-corrected chi connectivity index (χ1v) is 4.30. The summed E-state index contributed by atoms with van der Waals surface area (Å²) in [5.41, 5.74) is 0. The Hall–Kier alpha value is -0.460. The lowest BCUT2D eigenvalue weighted by Gasteiger charge is -2.25. The molecule has 0 radical (unpaired) electrons. The molecule has 0 aromatic rings. The third-order valence-electron chi connectivity index (χ3n) is 2.26. The summed E-state index contributed by atoms with van der Waals surface area (Å²) in [5.74, 6) is 0. The molecule has 1 heterocycles. The Morgan fingerprint density at radius 2 is 2.10 bits per heavy atom. The van der Waals surface area contributed by atoms with Gasteiger partial charge in [0.25, 0.3) is 0 Å². The fourth-order valence-corrected chi connectivity index (χ4v) is 1.57. The predicted octanol–water partition coefficient (Wildman–Crippen LogP) is 2.39. The monoisotopic (exact) mass is 139 g/mol. The second-order valence-corrected chi connectivity index (χ2v) is 2.88. The molecular formula is C9H17N. The van der Waals surface area contributed by atoms with Crippen molar-refractivity contribution in [2.45, 2.75) is 39.2 Å². The molecule has 1 heteroatoms. The topological polar surface area (TPSA) is 3.24 Å². The molecular weight excluding hydrogens is 122 g/mol. The third kappa shape index (κ3) is 1.53. The molecule has 58 valence electrons. The van der Waals surface area contributed by atoms with Crippen LogP contribution in [0.25, 0.3) is 0 Å². The van der Waals surface area contributed by atoms with Crippen molar-refractivity contribution in [2.24, 2.45) is 0 Å². The van der Waals surface area contributed by atoms with Crippen LogP contribution >= 0.6 is 0 Å². The maximum Gasteiger partial charge on any atom is 0.0279 e. The minimum Gasteiger partial charge on any atom is -0.374 e. The zero-order valence-corrected chi connectivity index (χ0v) is 7.01. The van der Waals surface area contributed by atoms with Crippen molar-refractivity contribution >= 4 is 0 Å². The lowest BCUT2D eigenvalue weighted by atomic mass is 10.1. The van der Waals surface area contributed by atoms with Gasteiger partial charge in [-0.2, -0.15) is 0 Å². The molecule has 0 aromatic carbocycles. The van der Waals surface area contributed by atoms with Gasteiger partial charge in [0.1, 0.15) is 0 Å². The summed E-state index contributed by atoms with van der Waals surface area (Å²) >= 11 is 0. The van der Waals surface area contributed by atoms with E-state index in [9.17, 15) is 0 Å². The Kier molecular flexibility index (Phi) is 2.79. The van der Waals surface area contributed by atoms with Gasteiger partial charge in [0.05, 0.1) is 0 Å². The van der Waals surface area contributed by atoms with Crippen LogP contribution in [0.2, 0.25) is 0 Å². The number of hydrogen-bond acceptors (Lipinski definition) is 1. The van der Waals surface area contributed by atoms with E-state index in [4.69, 9.17) is 0 Å². The lowest BCUT2D eigenvalue weighted by Crippen LogP contribution is -2.27. The van der Waals surface area contributed by atoms with Crippen molar-refractivity contribution in [2.75, 3.05) is 6.54 Å². The summed E-state index contributed by atoms with van der Waals surface area (Å²) < 4.78 is 0. The summed E-state index contributed by atoms with van der Waals surface area (Å²) in [4.78, 5) is 2.46. The van der Waals surface area contributed by atoms with E-state index in [1.165, 1.54) is 25.8 Å². The molecule has 0 aliphatic carbocycles. The highest BCUT2D eigenvalue weighted by Crippen LogP contribution is 2.13. The van der Waals surface area contributed by atoms with E-state index in [2.05, 4.69) is 31.0 Å². The van der Waals surface area contributed by atoms with E-state index in [1.54, 1.807) is 0 Å². The van der Waals surface area contributed by atoms with Crippen LogP contribution in [0.1, 0.15) is 33.1 Å². The molecule has 0 amide bonds. The SMILES string of the molecule is CCC(CC)N1C=CCC1. The molecule has 0 N–H and O–H groups in total. The fraction of sp³-hybridized carbons (Fsp3) is 0.778. The van der Waals surface area contributed by atoms with Crippen LogP contribution in [0.15, 0.2) is 12.3 Å². The molecule has 1 aliphatic rings. The van der Waals surface area contributed by atoms with Gasteiger partial charge < -0.3 is 4.90 Å². The zero-order chi connectivity index (χ0) is 7.40. The molecule has 0 saturated carbocycles. The van der Waals surface area contributed by atoms with Crippen LogP contribution < -0.4 is 0 Å². The third-order valence-corrected chi connectivity index (χ3v) is 2.26. The quantitative estimate of drug-likeness (QED) is 0.580. The Labute approximate surface area is 63.7 Å². The lowest BCUT2D eigenvalue weighted by molar-refractivity contribution is 0.281. The average molecular weight is 139 g/mol. The fourth-order valence-electron chi connectivity index (χ4n) is 1.57. The van der Waals surface area contributed by atoms with Crippen LogP contribution in [0, 0.1) is 0 Å². The number of nitrogens with zero attached hydrogens (tertiary/aromatic N) is 1. The summed E-state index contributed by atoms with van der Waals surface area (Å²) in [6.45, 7) is 5.77. The van der Waals surface area contributed by atoms with Gasteiger partial charge in [-0.05, 0) is 25.5 Å². The molecule has 0 saturated heterocycles. The first-order chi connectivity index (χ1) is 4.88. The van der Waals surface area contributed by atoms with Crippen molar-refractivity contribution in [3.63, 3.8) is 0 Å². The van der Waals surface area contributed by atoms with Gasteiger partial charge in [-0.25, -0.2) is 0 Å². The average Bonchev–Trinajstić information content (AvgIpc) is 2.43. The highest BCUT2D eigenvalue weighted by molar-refractivity contribution is 4.93. The smallest absolute Gasteiger partial charge is 0.0279 e. The molecule has 0 spiro atoms. The van der Waals surface area contributed by atoms with Crippen molar-refractivity contribution in [1.29, 1.82) is 0 Å². The normalized spacial score (nSPS) is 17.3. The second-order valence-electron chi connectivity index (χ2n) is 2.88. The zero-order valence-electron chi connectivity index (χ0n) is 7.01. The summed E-state index contributed by atoms with van der Waals surface area (Å²) in [6.07, 6.45) is 8.31. The standard InChI is InChI=1S/C9H17N/c1-3-9(4-2)10-7-5-6-8-10/h5,7,9H,3-4,6,8H2,1-2H3. The molecule has 0 aromatic heterocycles. The van der Waals surface area contributed by atoms with Gasteiger partial charge in [-0.15, -0.1) is 0 Å². The maximum absolute atomic E-state index is 2.46. The first-order valence-electron chi connectivity index (χ1n) is 4.30. The Balaban J connectivity index is 2.37. The van der Waals surface area contributed by atoms with E-state index in [0.717, 1.165) is 6.04 Å². The predicted molar refractivity (Wildman–Crippen MR) is 44.8 cm³/mol. The summed E-state index contributed by atoms with van der Waals surface area (Å²) in [7, 11) is 0. The molecule has 0 fully saturated rings. The van der Waals surface area contributed by atoms with Crippen LogP contribution in [-0.4, -0.2) is 17.5 Å². The molecule has 0 atom stereocenters. The summed E-state index contributed by atoms with van der Waals surface area (Å²) in [6, 6.07) is 0.791. The molecule has 1 nitrogen and oxygen atoms in total. The molecule has 1 rings (SSSR count). The maximum atomic E-state index is 2.46. The van der Waals surface area contributed by atoms with Gasteiger partial charge in [0.2, 0.25) is 0 Å². The van der Waals surface area contributed by atoms with E-state index in [0.29, 0.717) is 0 Å². The highest BCUT2D eigenvalue weighted by atomic mass is 15.1. The van der Waals surface area contributed by atoms with Crippen molar-refractivity contribution in [3.05, 3.63) is 12.3 Å². The van der Waals surface area contributed by atoms with E-state index < -0.39 is 0 Å². The van der Waals surface area contributed by atoms with E-state index in [-0.39, 0.29) is 0 Å². The Bertz CT molecular complexity index is 114.